The first-order valence-corrected chi connectivity index (χ1v) is 8.12. The maximum atomic E-state index is 12.1. The fraction of sp³-hybridized carbons (Fsp3) is 0.647. The maximum absolute atomic E-state index is 12.1. The highest BCUT2D eigenvalue weighted by molar-refractivity contribution is 5.90. The normalized spacial score (nSPS) is 19.6. The van der Waals surface area contributed by atoms with Crippen LogP contribution < -0.4 is 11.1 Å². The molecular formula is C17H27N3O3. The summed E-state index contributed by atoms with van der Waals surface area (Å²) in [6.45, 7) is 7.55. The third kappa shape index (κ3) is 3.93. The van der Waals surface area contributed by atoms with E-state index in [1.165, 1.54) is 0 Å². The number of amides is 2. The predicted octanol–water partition coefficient (Wildman–Crippen LogP) is 1.78. The largest absolute Gasteiger partial charge is 0.455 e. The Morgan fingerprint density at radius 2 is 2.09 bits per heavy atom. The number of nitrogens with one attached hydrogen (secondary N) is 1. The monoisotopic (exact) mass is 321 g/mol. The molecule has 1 aromatic rings. The standard InChI is InChI=1S/C17H27N3O3/c1-17(2,3)14-11(9-13(23-14)15(18)21)10-20-8-6-5-7-12(20)16(22)19-4/h9,12H,5-8,10H2,1-4H3,(H2,18,21)(H,19,22)/t12-/m1/s1. The van der Waals surface area contributed by atoms with Gasteiger partial charge in [-0.05, 0) is 25.5 Å². The van der Waals surface area contributed by atoms with Crippen LogP contribution in [-0.4, -0.2) is 36.3 Å². The number of carbonyl (C=O) groups excluding carboxylic acids is 2. The highest BCUT2D eigenvalue weighted by Gasteiger charge is 2.31. The van der Waals surface area contributed by atoms with Crippen LogP contribution in [0.25, 0.3) is 0 Å². The number of likely N-dealkylation sites (N-methyl/N-ethyl adjacent to an activating group) is 1. The molecule has 1 aliphatic heterocycles. The van der Waals surface area contributed by atoms with E-state index in [0.29, 0.717) is 6.54 Å². The Kier molecular flexibility index (Phi) is 5.14. The molecule has 6 heteroatoms. The molecule has 1 aromatic heterocycles. The van der Waals surface area contributed by atoms with Gasteiger partial charge in [0.15, 0.2) is 5.76 Å². The first-order valence-electron chi connectivity index (χ1n) is 8.12. The summed E-state index contributed by atoms with van der Waals surface area (Å²) < 4.78 is 5.70. The van der Waals surface area contributed by atoms with Crippen LogP contribution in [0.15, 0.2) is 10.5 Å². The van der Waals surface area contributed by atoms with Crippen molar-refractivity contribution in [3.8, 4) is 0 Å². The fourth-order valence-electron chi connectivity index (χ4n) is 3.16. The molecule has 1 atom stereocenters. The Hall–Kier alpha value is -1.82. The van der Waals surface area contributed by atoms with E-state index >= 15 is 0 Å². The SMILES string of the molecule is CNC(=O)[C@H]1CCCCN1Cc1cc(C(N)=O)oc1C(C)(C)C. The second-order valence-corrected chi connectivity index (χ2v) is 7.18. The summed E-state index contributed by atoms with van der Waals surface area (Å²) in [6, 6.07) is 1.59. The van der Waals surface area contributed by atoms with Gasteiger partial charge in [-0.25, -0.2) is 0 Å². The summed E-state index contributed by atoms with van der Waals surface area (Å²) >= 11 is 0. The van der Waals surface area contributed by atoms with E-state index in [1.807, 2.05) is 20.8 Å². The number of hydrogen-bond donors (Lipinski definition) is 2. The predicted molar refractivity (Wildman–Crippen MR) is 88.0 cm³/mol. The molecule has 1 aliphatic rings. The minimum Gasteiger partial charge on any atom is -0.455 e. The molecule has 3 N–H and O–H groups in total. The van der Waals surface area contributed by atoms with Crippen molar-refractivity contribution in [2.75, 3.05) is 13.6 Å². The lowest BCUT2D eigenvalue weighted by Crippen LogP contribution is -2.48. The van der Waals surface area contributed by atoms with Gasteiger partial charge in [-0.1, -0.05) is 27.2 Å². The Labute approximate surface area is 137 Å². The summed E-state index contributed by atoms with van der Waals surface area (Å²) in [6.07, 6.45) is 2.97. The fourth-order valence-corrected chi connectivity index (χ4v) is 3.16. The van der Waals surface area contributed by atoms with Crippen LogP contribution in [0.3, 0.4) is 0 Å². The third-order valence-corrected chi connectivity index (χ3v) is 4.27. The molecule has 6 nitrogen and oxygen atoms in total. The number of nitrogens with zero attached hydrogens (tertiary/aromatic N) is 1. The molecule has 0 saturated carbocycles. The molecule has 0 spiro atoms. The van der Waals surface area contributed by atoms with Crippen molar-refractivity contribution in [2.45, 2.75) is 58.0 Å². The van der Waals surface area contributed by atoms with Crippen molar-refractivity contribution in [2.24, 2.45) is 5.73 Å². The number of piperidine rings is 1. The van der Waals surface area contributed by atoms with E-state index < -0.39 is 5.91 Å². The van der Waals surface area contributed by atoms with Gasteiger partial charge in [0.1, 0.15) is 5.76 Å². The summed E-state index contributed by atoms with van der Waals surface area (Å²) in [5, 5.41) is 2.74. The molecule has 1 fully saturated rings. The van der Waals surface area contributed by atoms with Crippen LogP contribution in [-0.2, 0) is 16.8 Å². The zero-order valence-corrected chi connectivity index (χ0v) is 14.4. The van der Waals surface area contributed by atoms with E-state index in [-0.39, 0.29) is 23.1 Å². The minimum atomic E-state index is -0.566. The summed E-state index contributed by atoms with van der Waals surface area (Å²) in [4.78, 5) is 25.7. The Balaban J connectivity index is 2.30. The first kappa shape index (κ1) is 17.5. The quantitative estimate of drug-likeness (QED) is 0.884. The van der Waals surface area contributed by atoms with Crippen LogP contribution >= 0.6 is 0 Å². The number of nitrogens with two attached hydrogens (primary N) is 1. The maximum Gasteiger partial charge on any atom is 0.284 e. The molecule has 0 radical (unpaired) electrons. The van der Waals surface area contributed by atoms with E-state index in [2.05, 4.69) is 10.2 Å². The van der Waals surface area contributed by atoms with Gasteiger partial charge in [0.25, 0.3) is 5.91 Å². The zero-order chi connectivity index (χ0) is 17.2. The molecule has 2 rings (SSSR count). The van der Waals surface area contributed by atoms with Crippen molar-refractivity contribution in [1.29, 1.82) is 0 Å². The van der Waals surface area contributed by atoms with Crippen LogP contribution in [0.2, 0.25) is 0 Å². The average molecular weight is 321 g/mol. The number of furan rings is 1. The lowest BCUT2D eigenvalue weighted by Gasteiger charge is -2.34. The molecule has 1 saturated heterocycles. The van der Waals surface area contributed by atoms with E-state index in [4.69, 9.17) is 10.2 Å². The third-order valence-electron chi connectivity index (χ3n) is 4.27. The van der Waals surface area contributed by atoms with Gasteiger partial charge in [0.05, 0.1) is 6.04 Å². The van der Waals surface area contributed by atoms with Gasteiger partial charge in [0.2, 0.25) is 5.91 Å². The molecule has 0 bridgehead atoms. The van der Waals surface area contributed by atoms with Gasteiger partial charge in [-0.3, -0.25) is 14.5 Å². The average Bonchev–Trinajstić information content (AvgIpc) is 2.91. The molecule has 0 aromatic carbocycles. The van der Waals surface area contributed by atoms with Crippen LogP contribution in [0.4, 0.5) is 0 Å². The molecule has 2 heterocycles. The van der Waals surface area contributed by atoms with Crippen molar-refractivity contribution in [1.82, 2.24) is 10.2 Å². The van der Waals surface area contributed by atoms with Crippen molar-refractivity contribution < 1.29 is 14.0 Å². The van der Waals surface area contributed by atoms with Crippen molar-refractivity contribution >= 4 is 11.8 Å². The topological polar surface area (TPSA) is 88.6 Å². The number of likely N-dealkylation sites (tertiary alicyclic amines) is 1. The molecular weight excluding hydrogens is 294 g/mol. The van der Waals surface area contributed by atoms with Crippen molar-refractivity contribution in [3.05, 3.63) is 23.2 Å². The highest BCUT2D eigenvalue weighted by atomic mass is 16.4. The second-order valence-electron chi connectivity index (χ2n) is 7.18. The van der Waals surface area contributed by atoms with E-state index in [0.717, 1.165) is 37.1 Å². The van der Waals surface area contributed by atoms with Gasteiger partial charge < -0.3 is 15.5 Å². The van der Waals surface area contributed by atoms with Gasteiger partial charge in [0, 0.05) is 24.6 Å². The summed E-state index contributed by atoms with van der Waals surface area (Å²) in [5.74, 6) is 0.412. The second kappa shape index (κ2) is 6.74. The number of rotatable bonds is 4. The van der Waals surface area contributed by atoms with Crippen LogP contribution in [0.1, 0.15) is 61.9 Å². The van der Waals surface area contributed by atoms with E-state index in [9.17, 15) is 9.59 Å². The van der Waals surface area contributed by atoms with Crippen LogP contribution in [0.5, 0.6) is 0 Å². The summed E-state index contributed by atoms with van der Waals surface area (Å²) in [5.41, 5.74) is 6.06. The molecule has 0 unspecified atom stereocenters. The lowest BCUT2D eigenvalue weighted by molar-refractivity contribution is -0.127. The number of carbonyl (C=O) groups is 2. The Morgan fingerprint density at radius 1 is 1.39 bits per heavy atom. The number of hydrogen-bond acceptors (Lipinski definition) is 4. The molecule has 128 valence electrons. The lowest BCUT2D eigenvalue weighted by atomic mass is 9.90. The number of primary amides is 1. The summed E-state index contributed by atoms with van der Waals surface area (Å²) in [7, 11) is 1.67. The minimum absolute atomic E-state index is 0.0422. The molecule has 2 amide bonds. The first-order chi connectivity index (χ1) is 10.7. The van der Waals surface area contributed by atoms with E-state index in [1.54, 1.807) is 13.1 Å². The van der Waals surface area contributed by atoms with Crippen LogP contribution in [0, 0.1) is 0 Å². The molecule has 23 heavy (non-hydrogen) atoms. The smallest absolute Gasteiger partial charge is 0.284 e. The zero-order valence-electron chi connectivity index (χ0n) is 14.4. The van der Waals surface area contributed by atoms with Gasteiger partial charge >= 0.3 is 0 Å². The molecule has 0 aliphatic carbocycles. The van der Waals surface area contributed by atoms with Gasteiger partial charge in [-0.15, -0.1) is 0 Å². The Morgan fingerprint density at radius 3 is 2.65 bits per heavy atom. The van der Waals surface area contributed by atoms with Gasteiger partial charge in [-0.2, -0.15) is 0 Å². The van der Waals surface area contributed by atoms with Crippen molar-refractivity contribution in [3.63, 3.8) is 0 Å². The Bertz CT molecular complexity index is 586. The highest BCUT2D eigenvalue weighted by Crippen LogP contribution is 2.31.